The van der Waals surface area contributed by atoms with Gasteiger partial charge in [0.05, 0.1) is 26.4 Å². The molecule has 142 heavy (non-hydrogen) atoms. The van der Waals surface area contributed by atoms with Gasteiger partial charge in [-0.2, -0.15) is 0 Å². The number of allylic oxidation sites excluding steroid dienone is 6. The van der Waals surface area contributed by atoms with E-state index in [1.165, 1.54) is 226 Å². The van der Waals surface area contributed by atoms with Crippen LogP contribution in [0.2, 0.25) is 0 Å². The van der Waals surface area contributed by atoms with Crippen molar-refractivity contribution in [2.45, 2.75) is 224 Å². The summed E-state index contributed by atoms with van der Waals surface area (Å²) in [7, 11) is 0. The molecule has 0 bridgehead atoms. The fourth-order valence-electron chi connectivity index (χ4n) is 16.2. The minimum absolute atomic E-state index is 0.0980. The lowest BCUT2D eigenvalue weighted by atomic mass is 10.0. The van der Waals surface area contributed by atoms with Gasteiger partial charge in [0.1, 0.15) is 0 Å². The van der Waals surface area contributed by atoms with Crippen molar-refractivity contribution in [1.29, 1.82) is 0 Å². The van der Waals surface area contributed by atoms with Crippen molar-refractivity contribution in [3.8, 4) is 89.0 Å². The number of aliphatic hydroxyl groups is 4. The Bertz CT molecular complexity index is 6150. The molecule has 0 radical (unpaired) electrons. The van der Waals surface area contributed by atoms with Crippen molar-refractivity contribution in [1.82, 2.24) is 0 Å². The van der Waals surface area contributed by atoms with E-state index < -0.39 is 0 Å². The lowest BCUT2D eigenvalue weighted by Crippen LogP contribution is -1.86. The Labute approximate surface area is 854 Å². The molecule has 16 rings (SSSR count). The van der Waals surface area contributed by atoms with Crippen molar-refractivity contribution < 1.29 is 20.4 Å². The zero-order valence-electron chi connectivity index (χ0n) is 86.6. The van der Waals surface area contributed by atoms with E-state index in [1.807, 2.05) is 72.8 Å². The molecular weight excluding hydrogens is 1720 g/mol. The molecule has 4 heteroatoms. The molecule has 0 fully saturated rings. The summed E-state index contributed by atoms with van der Waals surface area (Å²) in [4.78, 5) is 0. The van der Waals surface area contributed by atoms with E-state index >= 15 is 0 Å². The van der Waals surface area contributed by atoms with Crippen molar-refractivity contribution >= 4 is 0 Å². The van der Waals surface area contributed by atoms with E-state index in [-0.39, 0.29) is 26.4 Å². The van der Waals surface area contributed by atoms with Gasteiger partial charge in [0.25, 0.3) is 0 Å². The van der Waals surface area contributed by atoms with E-state index in [0.717, 1.165) is 80.0 Å². The van der Waals surface area contributed by atoms with Crippen LogP contribution >= 0.6 is 0 Å². The molecule has 0 aliphatic carbocycles. The van der Waals surface area contributed by atoms with Crippen LogP contribution in [0.5, 0.6) is 0 Å². The average molecular weight is 1880 g/mol. The predicted molar refractivity (Wildman–Crippen MR) is 615 cm³/mol. The smallest absolute Gasteiger partial charge is 0.0681 e. The minimum atomic E-state index is 0.0980. The summed E-state index contributed by atoms with van der Waals surface area (Å²) >= 11 is 0. The van der Waals surface area contributed by atoms with E-state index in [2.05, 4.69) is 434 Å². The van der Waals surface area contributed by atoms with Crippen LogP contribution < -0.4 is 0 Å². The summed E-state index contributed by atoms with van der Waals surface area (Å²) in [5.74, 6) is 0. The summed E-state index contributed by atoms with van der Waals surface area (Å²) in [5, 5.41) is 36.1. The van der Waals surface area contributed by atoms with E-state index in [0.29, 0.717) is 0 Å². The van der Waals surface area contributed by atoms with Crippen molar-refractivity contribution in [2.75, 3.05) is 0 Å². The monoisotopic (exact) mass is 1880 g/mol. The summed E-state index contributed by atoms with van der Waals surface area (Å²) < 4.78 is 0. The van der Waals surface area contributed by atoms with Crippen molar-refractivity contribution in [3.63, 3.8) is 0 Å². The second-order valence-corrected chi connectivity index (χ2v) is 36.7. The maximum Gasteiger partial charge on any atom is 0.0681 e. The fourth-order valence-corrected chi connectivity index (χ4v) is 16.2. The third-order valence-electron chi connectivity index (χ3n) is 25.2. The Morgan fingerprint density at radius 3 is 0.451 bits per heavy atom. The summed E-state index contributed by atoms with van der Waals surface area (Å²) in [6, 6.07) is 138. The molecule has 0 aromatic heterocycles. The van der Waals surface area contributed by atoms with Crippen LogP contribution in [-0.2, 0) is 77.8 Å². The zero-order chi connectivity index (χ0) is 101. The standard InChI is InChI=1S/C18H22O.C18H20O.C18H22.C18H20.C17H18O.C17H18.C16H18O.C16H18/c2*1-2-3-4-5-15-6-10-17(11-7-15)18-12-8-16(14-19)9-13-18;2*1-3-4-5-6-16-9-13-18(14-10-16)17-11-7-15(2)8-12-17;1-2-3-4-14-5-9-16(10-6-14)17-11-7-15(13-18)8-12-17;1-3-4-5-15-8-12-17(13-9-15)16-10-6-14(2)7-11-16;1-2-3-13-4-8-15(9-5-13)16-10-6-14(12-17)7-11-16;1-3-4-14-7-11-16(12-8-14)15-9-5-13(2)6-10-15/h6-13,19H,2-5,14H2,1H3;2-3,6-13,19H,4-5,14H2,1H3;7-14H,3-6H2,1-2H3;3-4,7-14H,5-6H2,1-2H3;2,5-12,18H,1,3-4,13H2;3,6-13H,1,4-5H2,2H3;4-11,17H,2-3,12H2,1H3;5-12H,3-4H2,1-2H3/b;3-2+;;4-3+;;;;. The Morgan fingerprint density at radius 1 is 0.169 bits per heavy atom. The third kappa shape index (κ3) is 40.9. The van der Waals surface area contributed by atoms with Crippen LogP contribution in [-0.4, -0.2) is 20.4 Å². The number of aliphatic hydroxyl groups excluding tert-OH is 4. The highest BCUT2D eigenvalue weighted by atomic mass is 16.3. The summed E-state index contributed by atoms with van der Waals surface area (Å²) in [6.45, 7) is 29.4. The largest absolute Gasteiger partial charge is 0.392 e. The van der Waals surface area contributed by atoms with Crippen LogP contribution in [0.1, 0.15) is 208 Å². The molecule has 16 aromatic rings. The van der Waals surface area contributed by atoms with E-state index in [4.69, 9.17) is 20.4 Å². The van der Waals surface area contributed by atoms with Gasteiger partial charge in [-0.15, -0.1) is 13.2 Å². The number of hydrogen-bond acceptors (Lipinski definition) is 4. The zero-order valence-corrected chi connectivity index (χ0v) is 86.6. The number of aryl methyl sites for hydroxylation is 12. The molecule has 0 aliphatic heterocycles. The van der Waals surface area contributed by atoms with Gasteiger partial charge >= 0.3 is 0 Å². The highest BCUT2D eigenvalue weighted by molar-refractivity contribution is 5.70. The Kier molecular flexibility index (Phi) is 51.5. The highest BCUT2D eigenvalue weighted by Crippen LogP contribution is 2.30. The molecule has 0 atom stereocenters. The molecule has 0 saturated heterocycles. The lowest BCUT2D eigenvalue weighted by molar-refractivity contribution is 0.281. The highest BCUT2D eigenvalue weighted by Gasteiger charge is 2.09. The van der Waals surface area contributed by atoms with Gasteiger partial charge < -0.3 is 20.4 Å². The Hall–Kier alpha value is -13.7. The summed E-state index contributed by atoms with van der Waals surface area (Å²) in [6.07, 6.45) is 36.1. The third-order valence-corrected chi connectivity index (χ3v) is 25.2. The molecule has 0 heterocycles. The minimum Gasteiger partial charge on any atom is -0.392 e. The van der Waals surface area contributed by atoms with Gasteiger partial charge in [-0.1, -0.05) is 513 Å². The molecule has 4 N–H and O–H groups in total. The van der Waals surface area contributed by atoms with Crippen LogP contribution in [0.25, 0.3) is 89.0 Å². The molecule has 0 spiro atoms. The number of unbranched alkanes of at least 4 members (excludes halogenated alkanes) is 4. The van der Waals surface area contributed by atoms with Crippen LogP contribution in [0.3, 0.4) is 0 Å². The first kappa shape index (κ1) is 112. The van der Waals surface area contributed by atoms with Gasteiger partial charge in [-0.25, -0.2) is 0 Å². The predicted octanol–water partition coefficient (Wildman–Crippen LogP) is 36.7. The van der Waals surface area contributed by atoms with Gasteiger partial charge in [-0.3, -0.25) is 0 Å². The lowest BCUT2D eigenvalue weighted by Gasteiger charge is -2.05. The first-order valence-electron chi connectivity index (χ1n) is 51.7. The van der Waals surface area contributed by atoms with Gasteiger partial charge in [0.15, 0.2) is 0 Å². The van der Waals surface area contributed by atoms with Crippen LogP contribution in [0.4, 0.5) is 0 Å². The van der Waals surface area contributed by atoms with Crippen molar-refractivity contribution in [2.24, 2.45) is 0 Å². The second-order valence-electron chi connectivity index (χ2n) is 36.7. The molecular formula is C138H156O4. The molecule has 0 unspecified atom stereocenters. The molecule has 0 saturated carbocycles. The number of benzene rings is 16. The number of rotatable bonds is 36. The molecule has 732 valence electrons. The first-order valence-corrected chi connectivity index (χ1v) is 51.7. The quantitative estimate of drug-likeness (QED) is 0.0233. The maximum absolute atomic E-state index is 9.04. The Morgan fingerprint density at radius 2 is 0.310 bits per heavy atom. The van der Waals surface area contributed by atoms with Crippen LogP contribution in [0.15, 0.2) is 438 Å². The van der Waals surface area contributed by atoms with Crippen LogP contribution in [0, 0.1) is 27.7 Å². The maximum atomic E-state index is 9.04. The van der Waals surface area contributed by atoms with Gasteiger partial charge in [-0.05, 0) is 287 Å². The topological polar surface area (TPSA) is 80.9 Å². The number of hydrogen-bond donors (Lipinski definition) is 4. The Balaban J connectivity index is 0.000000181. The average Bonchev–Trinajstić information content (AvgIpc) is 0.824. The fraction of sp³-hybridized carbons (Fsp3) is 0.246. The normalized spacial score (nSPS) is 10.6. The molecule has 0 amide bonds. The van der Waals surface area contributed by atoms with Gasteiger partial charge in [0.2, 0.25) is 0 Å². The molecule has 4 nitrogen and oxygen atoms in total. The second kappa shape index (κ2) is 65.3. The SMILES string of the molecule is C/C=C/CCc1ccc(-c2ccc(C)cc2)cc1.C/C=C/CCc1ccc(-c2ccc(CO)cc2)cc1.C=CCCc1ccc(-c2ccc(C)cc2)cc1.C=CCCc1ccc(-c2ccc(CO)cc2)cc1.CCCCCc1ccc(-c2ccc(C)cc2)cc1.CCCCCc1ccc(-c2ccc(CO)cc2)cc1.CCCc1ccc(-c2ccc(C)cc2)cc1.CCCc1ccc(-c2ccc(CO)cc2)cc1. The first-order chi connectivity index (χ1) is 69.5. The summed E-state index contributed by atoms with van der Waals surface area (Å²) in [5.41, 5.74) is 40.3. The van der Waals surface area contributed by atoms with E-state index in [1.54, 1.807) is 0 Å². The van der Waals surface area contributed by atoms with E-state index in [9.17, 15) is 0 Å². The van der Waals surface area contributed by atoms with Gasteiger partial charge in [0, 0.05) is 0 Å². The van der Waals surface area contributed by atoms with Crippen molar-refractivity contribution in [3.05, 3.63) is 527 Å². The molecule has 0 aliphatic rings. The molecule has 16 aromatic carbocycles.